The highest BCUT2D eigenvalue weighted by Gasteiger charge is 2.10. The fraction of sp³-hybridized carbons (Fsp3) is 0.385. The Morgan fingerprint density at radius 2 is 1.88 bits per heavy atom. The number of hydrogen-bond acceptors (Lipinski definition) is 3. The SMILES string of the molecule is CC(=O)CCN(C)C(=O)OCc1ccccc1. The Morgan fingerprint density at radius 3 is 2.47 bits per heavy atom. The number of benzene rings is 1. The first-order valence-corrected chi connectivity index (χ1v) is 5.51. The molecule has 17 heavy (non-hydrogen) atoms. The topological polar surface area (TPSA) is 46.6 Å². The first kappa shape index (κ1) is 13.2. The summed E-state index contributed by atoms with van der Waals surface area (Å²) >= 11 is 0. The average molecular weight is 235 g/mol. The third-order valence-corrected chi connectivity index (χ3v) is 2.32. The lowest BCUT2D eigenvalue weighted by molar-refractivity contribution is -0.117. The molecule has 0 N–H and O–H groups in total. The standard InChI is InChI=1S/C13H17NO3/c1-11(15)8-9-14(2)13(16)17-10-12-6-4-3-5-7-12/h3-7H,8-10H2,1-2H3. The van der Waals surface area contributed by atoms with E-state index in [1.807, 2.05) is 30.3 Å². The van der Waals surface area contributed by atoms with Gasteiger partial charge in [-0.25, -0.2) is 4.79 Å². The molecule has 0 fully saturated rings. The molecule has 0 spiro atoms. The molecule has 0 saturated heterocycles. The van der Waals surface area contributed by atoms with E-state index in [4.69, 9.17) is 4.74 Å². The molecule has 4 heteroatoms. The van der Waals surface area contributed by atoms with Crippen LogP contribution < -0.4 is 0 Å². The van der Waals surface area contributed by atoms with Crippen molar-refractivity contribution >= 4 is 11.9 Å². The summed E-state index contributed by atoms with van der Waals surface area (Å²) in [5, 5.41) is 0. The van der Waals surface area contributed by atoms with Crippen LogP contribution >= 0.6 is 0 Å². The smallest absolute Gasteiger partial charge is 0.409 e. The molecule has 1 aromatic carbocycles. The van der Waals surface area contributed by atoms with Gasteiger partial charge in [-0.3, -0.25) is 4.79 Å². The summed E-state index contributed by atoms with van der Waals surface area (Å²) in [6, 6.07) is 9.47. The van der Waals surface area contributed by atoms with E-state index in [1.54, 1.807) is 7.05 Å². The summed E-state index contributed by atoms with van der Waals surface area (Å²) in [7, 11) is 1.62. The Hall–Kier alpha value is -1.84. The average Bonchev–Trinajstić information content (AvgIpc) is 2.34. The molecule has 0 aromatic heterocycles. The largest absolute Gasteiger partial charge is 0.445 e. The molecule has 0 radical (unpaired) electrons. The molecule has 4 nitrogen and oxygen atoms in total. The summed E-state index contributed by atoms with van der Waals surface area (Å²) in [5.41, 5.74) is 0.945. The molecule has 1 aromatic rings. The molecule has 1 rings (SSSR count). The zero-order chi connectivity index (χ0) is 12.7. The highest BCUT2D eigenvalue weighted by atomic mass is 16.6. The minimum absolute atomic E-state index is 0.0627. The summed E-state index contributed by atoms with van der Waals surface area (Å²) < 4.78 is 5.10. The first-order valence-electron chi connectivity index (χ1n) is 5.51. The highest BCUT2D eigenvalue weighted by Crippen LogP contribution is 2.02. The fourth-order valence-corrected chi connectivity index (χ4v) is 1.25. The van der Waals surface area contributed by atoms with Crippen molar-refractivity contribution in [1.82, 2.24) is 4.90 Å². The van der Waals surface area contributed by atoms with Gasteiger partial charge in [0.1, 0.15) is 12.4 Å². The van der Waals surface area contributed by atoms with Crippen molar-refractivity contribution < 1.29 is 14.3 Å². The van der Waals surface area contributed by atoms with Crippen molar-refractivity contribution in [3.05, 3.63) is 35.9 Å². The lowest BCUT2D eigenvalue weighted by atomic mass is 10.2. The van der Waals surface area contributed by atoms with Gasteiger partial charge in [-0.05, 0) is 12.5 Å². The Balaban J connectivity index is 2.32. The number of rotatable bonds is 5. The quantitative estimate of drug-likeness (QED) is 0.786. The molecule has 0 bridgehead atoms. The van der Waals surface area contributed by atoms with Crippen LogP contribution in [0.1, 0.15) is 18.9 Å². The van der Waals surface area contributed by atoms with Crippen molar-refractivity contribution in [3.63, 3.8) is 0 Å². The Labute approximate surface area is 101 Å². The molecule has 0 unspecified atom stereocenters. The van der Waals surface area contributed by atoms with Crippen LogP contribution in [-0.4, -0.2) is 30.4 Å². The highest BCUT2D eigenvalue weighted by molar-refractivity contribution is 5.76. The second-order valence-electron chi connectivity index (χ2n) is 3.91. The molecule has 0 saturated carbocycles. The van der Waals surface area contributed by atoms with E-state index in [0.717, 1.165) is 5.56 Å². The number of carbonyl (C=O) groups excluding carboxylic acids is 2. The van der Waals surface area contributed by atoms with Gasteiger partial charge in [0.25, 0.3) is 0 Å². The van der Waals surface area contributed by atoms with Crippen LogP contribution in [-0.2, 0) is 16.1 Å². The van der Waals surface area contributed by atoms with Gasteiger partial charge in [-0.15, -0.1) is 0 Å². The minimum Gasteiger partial charge on any atom is -0.445 e. The number of ketones is 1. The van der Waals surface area contributed by atoms with E-state index < -0.39 is 6.09 Å². The van der Waals surface area contributed by atoms with Gasteiger partial charge >= 0.3 is 6.09 Å². The van der Waals surface area contributed by atoms with Gasteiger partial charge in [-0.2, -0.15) is 0 Å². The summed E-state index contributed by atoms with van der Waals surface area (Å²) in [6.07, 6.45) is -0.0492. The van der Waals surface area contributed by atoms with Gasteiger partial charge in [0.15, 0.2) is 0 Å². The van der Waals surface area contributed by atoms with E-state index in [0.29, 0.717) is 13.0 Å². The van der Waals surface area contributed by atoms with Crippen LogP contribution in [0.4, 0.5) is 4.79 Å². The van der Waals surface area contributed by atoms with E-state index in [1.165, 1.54) is 11.8 Å². The number of Topliss-reactive ketones (excluding diaryl/α,β-unsaturated/α-hetero) is 1. The second-order valence-corrected chi connectivity index (χ2v) is 3.91. The van der Waals surface area contributed by atoms with E-state index in [2.05, 4.69) is 0 Å². The maximum Gasteiger partial charge on any atom is 0.409 e. The van der Waals surface area contributed by atoms with Crippen molar-refractivity contribution in [3.8, 4) is 0 Å². The van der Waals surface area contributed by atoms with Gasteiger partial charge in [0, 0.05) is 20.0 Å². The number of nitrogens with zero attached hydrogens (tertiary/aromatic N) is 1. The fourth-order valence-electron chi connectivity index (χ4n) is 1.25. The second kappa shape index (κ2) is 6.68. The number of ether oxygens (including phenoxy) is 1. The van der Waals surface area contributed by atoms with Crippen molar-refractivity contribution in [2.75, 3.05) is 13.6 Å². The maximum absolute atomic E-state index is 11.5. The number of hydrogen-bond donors (Lipinski definition) is 0. The van der Waals surface area contributed by atoms with Crippen LogP contribution in [0.5, 0.6) is 0 Å². The summed E-state index contributed by atoms with van der Waals surface area (Å²) in [6.45, 7) is 2.15. The molecule has 92 valence electrons. The van der Waals surface area contributed by atoms with Crippen LogP contribution in [0.2, 0.25) is 0 Å². The lowest BCUT2D eigenvalue weighted by Gasteiger charge is -2.16. The molecule has 0 heterocycles. The zero-order valence-electron chi connectivity index (χ0n) is 10.2. The molecule has 0 atom stereocenters. The van der Waals surface area contributed by atoms with Crippen molar-refractivity contribution in [1.29, 1.82) is 0 Å². The van der Waals surface area contributed by atoms with Crippen LogP contribution in [0.25, 0.3) is 0 Å². The molecule has 0 aliphatic rings. The predicted octanol–water partition coefficient (Wildman–Crippen LogP) is 2.23. The van der Waals surface area contributed by atoms with Crippen LogP contribution in [0, 0.1) is 0 Å². The summed E-state index contributed by atoms with van der Waals surface area (Å²) in [5.74, 6) is 0.0627. The number of carbonyl (C=O) groups is 2. The molecular weight excluding hydrogens is 218 g/mol. The monoisotopic (exact) mass is 235 g/mol. The molecule has 0 aliphatic carbocycles. The van der Waals surface area contributed by atoms with Gasteiger partial charge in [0.2, 0.25) is 0 Å². The van der Waals surface area contributed by atoms with Crippen molar-refractivity contribution in [2.24, 2.45) is 0 Å². The van der Waals surface area contributed by atoms with Gasteiger partial charge < -0.3 is 9.64 Å². The normalized spacial score (nSPS) is 9.76. The lowest BCUT2D eigenvalue weighted by Crippen LogP contribution is -2.29. The van der Waals surface area contributed by atoms with Crippen LogP contribution in [0.15, 0.2) is 30.3 Å². The van der Waals surface area contributed by atoms with E-state index >= 15 is 0 Å². The predicted molar refractivity (Wildman–Crippen MR) is 64.6 cm³/mol. The minimum atomic E-state index is -0.407. The van der Waals surface area contributed by atoms with E-state index in [9.17, 15) is 9.59 Å². The third-order valence-electron chi connectivity index (χ3n) is 2.32. The third kappa shape index (κ3) is 5.15. The van der Waals surface area contributed by atoms with Crippen molar-refractivity contribution in [2.45, 2.75) is 20.0 Å². The maximum atomic E-state index is 11.5. The zero-order valence-corrected chi connectivity index (χ0v) is 10.2. The Kier molecular flexibility index (Phi) is 5.20. The van der Waals surface area contributed by atoms with Crippen LogP contribution in [0.3, 0.4) is 0 Å². The van der Waals surface area contributed by atoms with Gasteiger partial charge in [0.05, 0.1) is 0 Å². The van der Waals surface area contributed by atoms with E-state index in [-0.39, 0.29) is 12.4 Å². The van der Waals surface area contributed by atoms with Gasteiger partial charge in [-0.1, -0.05) is 30.3 Å². The Bertz CT molecular complexity index is 376. The summed E-state index contributed by atoms with van der Waals surface area (Å²) in [4.78, 5) is 23.7. The number of amides is 1. The molecule has 1 amide bonds. The first-order chi connectivity index (χ1) is 8.09. The molecular formula is C13H17NO3. The molecule has 0 aliphatic heterocycles. The Morgan fingerprint density at radius 1 is 1.24 bits per heavy atom.